The van der Waals surface area contributed by atoms with Gasteiger partial charge < -0.3 is 10.0 Å². The number of sulfone groups is 1. The minimum Gasteiger partial charge on any atom is -0.480 e. The number of nitrogens with zero attached hydrogens (tertiary/aromatic N) is 1. The third-order valence-electron chi connectivity index (χ3n) is 5.45. The quantitative estimate of drug-likeness (QED) is 0.883. The fourth-order valence-corrected chi connectivity index (χ4v) is 5.12. The number of carboxylic acids is 1. The van der Waals surface area contributed by atoms with Gasteiger partial charge in [-0.05, 0) is 62.8 Å². The van der Waals surface area contributed by atoms with Gasteiger partial charge in [0, 0.05) is 12.1 Å². The van der Waals surface area contributed by atoms with Gasteiger partial charge in [0.2, 0.25) is 0 Å². The molecule has 1 saturated carbocycles. The van der Waals surface area contributed by atoms with E-state index in [0.29, 0.717) is 12.1 Å². The van der Waals surface area contributed by atoms with Crippen molar-refractivity contribution in [1.82, 2.24) is 4.90 Å². The van der Waals surface area contributed by atoms with E-state index in [1.807, 2.05) is 0 Å². The Hall–Kier alpha value is -1.89. The highest BCUT2D eigenvalue weighted by atomic mass is 32.2. The lowest BCUT2D eigenvalue weighted by atomic mass is 9.94. The minimum atomic E-state index is -3.39. The molecular formula is C18H23NO5S. The predicted molar refractivity (Wildman–Crippen MR) is 92.1 cm³/mol. The Bertz CT molecular complexity index is 784. The van der Waals surface area contributed by atoms with Gasteiger partial charge in [0.1, 0.15) is 6.04 Å². The van der Waals surface area contributed by atoms with Crippen LogP contribution in [0, 0.1) is 11.8 Å². The average Bonchev–Trinajstić information content (AvgIpc) is 3.14. The van der Waals surface area contributed by atoms with Gasteiger partial charge in [-0.1, -0.05) is 6.42 Å². The van der Waals surface area contributed by atoms with Crippen molar-refractivity contribution in [3.63, 3.8) is 0 Å². The minimum absolute atomic E-state index is 0.0297. The number of likely N-dealkylation sites (tertiary alicyclic amines) is 1. The van der Waals surface area contributed by atoms with E-state index in [0.717, 1.165) is 19.3 Å². The molecule has 0 aromatic heterocycles. The Morgan fingerprint density at radius 3 is 2.36 bits per heavy atom. The predicted octanol–water partition coefficient (Wildman–Crippen LogP) is 2.19. The number of hydrogen-bond acceptors (Lipinski definition) is 4. The van der Waals surface area contributed by atoms with E-state index in [1.54, 1.807) is 13.8 Å². The van der Waals surface area contributed by atoms with Gasteiger partial charge in [-0.2, -0.15) is 0 Å². The van der Waals surface area contributed by atoms with Gasteiger partial charge in [-0.3, -0.25) is 4.79 Å². The van der Waals surface area contributed by atoms with Crippen LogP contribution in [0.5, 0.6) is 0 Å². The maximum absolute atomic E-state index is 12.8. The molecule has 7 heteroatoms. The van der Waals surface area contributed by atoms with Crippen molar-refractivity contribution < 1.29 is 23.1 Å². The van der Waals surface area contributed by atoms with E-state index in [9.17, 15) is 23.1 Å². The highest BCUT2D eigenvalue weighted by Crippen LogP contribution is 2.42. The van der Waals surface area contributed by atoms with Gasteiger partial charge in [0.15, 0.2) is 9.84 Å². The highest BCUT2D eigenvalue weighted by molar-refractivity contribution is 7.92. The number of fused-ring (bicyclic) bond motifs is 1. The SMILES string of the molecule is CC(C)S(=O)(=O)c1ccc(C(=O)N2CC3CCCC3C2C(=O)O)cc1. The second-order valence-corrected chi connectivity index (χ2v) is 9.72. The fourth-order valence-electron chi connectivity index (χ4n) is 4.06. The van der Waals surface area contributed by atoms with Crippen LogP contribution in [0.4, 0.5) is 0 Å². The molecule has 1 aromatic rings. The first-order valence-corrected chi connectivity index (χ1v) is 10.2. The zero-order chi connectivity index (χ0) is 18.4. The van der Waals surface area contributed by atoms with Gasteiger partial charge >= 0.3 is 5.97 Å². The molecule has 1 aromatic carbocycles. The first-order valence-electron chi connectivity index (χ1n) is 8.61. The Balaban J connectivity index is 1.85. The van der Waals surface area contributed by atoms with Crippen molar-refractivity contribution >= 4 is 21.7 Å². The average molecular weight is 365 g/mol. The molecule has 2 fully saturated rings. The number of rotatable bonds is 4. The molecule has 1 saturated heterocycles. The molecule has 1 N–H and O–H groups in total. The number of aliphatic carboxylic acids is 1. The maximum atomic E-state index is 12.8. The van der Waals surface area contributed by atoms with Crippen LogP contribution in [-0.2, 0) is 14.6 Å². The van der Waals surface area contributed by atoms with Crippen LogP contribution in [0.2, 0.25) is 0 Å². The molecule has 3 atom stereocenters. The molecule has 3 rings (SSSR count). The molecule has 1 aliphatic carbocycles. The molecule has 6 nitrogen and oxygen atoms in total. The molecule has 2 aliphatic rings. The first-order chi connectivity index (χ1) is 11.7. The van der Waals surface area contributed by atoms with Crippen LogP contribution >= 0.6 is 0 Å². The molecule has 0 bridgehead atoms. The largest absolute Gasteiger partial charge is 0.480 e. The van der Waals surface area contributed by atoms with Crippen LogP contribution in [0.25, 0.3) is 0 Å². The van der Waals surface area contributed by atoms with Crippen molar-refractivity contribution in [2.75, 3.05) is 6.54 Å². The summed E-state index contributed by atoms with van der Waals surface area (Å²) in [5, 5.41) is 9.03. The smallest absolute Gasteiger partial charge is 0.326 e. The Morgan fingerprint density at radius 2 is 1.80 bits per heavy atom. The van der Waals surface area contributed by atoms with Crippen molar-refractivity contribution in [1.29, 1.82) is 0 Å². The van der Waals surface area contributed by atoms with Crippen molar-refractivity contribution in [3.8, 4) is 0 Å². The summed E-state index contributed by atoms with van der Waals surface area (Å²) in [6, 6.07) is 5.03. The molecule has 0 spiro atoms. The van der Waals surface area contributed by atoms with Crippen molar-refractivity contribution in [2.24, 2.45) is 11.8 Å². The van der Waals surface area contributed by atoms with Gasteiger partial charge in [-0.25, -0.2) is 13.2 Å². The van der Waals surface area contributed by atoms with E-state index >= 15 is 0 Å². The highest BCUT2D eigenvalue weighted by Gasteiger charge is 2.49. The molecule has 136 valence electrons. The lowest BCUT2D eigenvalue weighted by molar-refractivity contribution is -0.142. The zero-order valence-corrected chi connectivity index (χ0v) is 15.2. The normalized spacial score (nSPS) is 26.0. The molecule has 25 heavy (non-hydrogen) atoms. The van der Waals surface area contributed by atoms with Gasteiger partial charge in [0.05, 0.1) is 10.1 Å². The third kappa shape index (κ3) is 3.05. The lowest BCUT2D eigenvalue weighted by Crippen LogP contribution is -2.43. The summed E-state index contributed by atoms with van der Waals surface area (Å²) in [6.07, 6.45) is 2.82. The summed E-state index contributed by atoms with van der Waals surface area (Å²) in [7, 11) is -3.39. The van der Waals surface area contributed by atoms with Gasteiger partial charge in [-0.15, -0.1) is 0 Å². The summed E-state index contributed by atoms with van der Waals surface area (Å²) in [5.74, 6) is -1.01. The summed E-state index contributed by atoms with van der Waals surface area (Å²) in [6.45, 7) is 3.68. The summed E-state index contributed by atoms with van der Waals surface area (Å²) in [5.41, 5.74) is 0.328. The number of amides is 1. The van der Waals surface area contributed by atoms with E-state index in [-0.39, 0.29) is 22.6 Å². The second-order valence-electron chi connectivity index (χ2n) is 7.21. The van der Waals surface area contributed by atoms with Crippen LogP contribution in [0.1, 0.15) is 43.5 Å². The van der Waals surface area contributed by atoms with Gasteiger partial charge in [0.25, 0.3) is 5.91 Å². The topological polar surface area (TPSA) is 91.8 Å². The lowest BCUT2D eigenvalue weighted by Gasteiger charge is -2.24. The van der Waals surface area contributed by atoms with Crippen molar-refractivity contribution in [2.45, 2.75) is 49.3 Å². The number of carbonyl (C=O) groups excluding carboxylic acids is 1. The second kappa shape index (κ2) is 6.44. The molecule has 1 amide bonds. The van der Waals surface area contributed by atoms with Crippen LogP contribution < -0.4 is 0 Å². The standard InChI is InChI=1S/C18H23NO5S/c1-11(2)25(23,24)14-8-6-12(7-9-14)17(20)19-10-13-4-3-5-15(13)16(19)18(21)22/h6-9,11,13,15-16H,3-5,10H2,1-2H3,(H,21,22). The number of hydrogen-bond donors (Lipinski definition) is 1. The summed E-state index contributed by atoms with van der Waals surface area (Å²) >= 11 is 0. The third-order valence-corrected chi connectivity index (χ3v) is 7.63. The number of carbonyl (C=O) groups is 2. The van der Waals surface area contributed by atoms with E-state index in [4.69, 9.17) is 0 Å². The summed E-state index contributed by atoms with van der Waals surface area (Å²) < 4.78 is 24.3. The van der Waals surface area contributed by atoms with Crippen LogP contribution in [0.15, 0.2) is 29.2 Å². The monoisotopic (exact) mass is 365 g/mol. The summed E-state index contributed by atoms with van der Waals surface area (Å²) in [4.78, 5) is 26.1. The molecule has 0 radical (unpaired) electrons. The molecule has 1 aliphatic heterocycles. The van der Waals surface area contributed by atoms with E-state index in [1.165, 1.54) is 29.2 Å². The molecule has 3 unspecified atom stereocenters. The fraction of sp³-hybridized carbons (Fsp3) is 0.556. The van der Waals surface area contributed by atoms with Crippen LogP contribution in [-0.4, -0.2) is 48.1 Å². The van der Waals surface area contributed by atoms with Crippen LogP contribution in [0.3, 0.4) is 0 Å². The Labute approximate surface area is 147 Å². The van der Waals surface area contributed by atoms with E-state index in [2.05, 4.69) is 0 Å². The number of carboxylic acid groups (broad SMARTS) is 1. The van der Waals surface area contributed by atoms with Crippen molar-refractivity contribution in [3.05, 3.63) is 29.8 Å². The first kappa shape index (κ1) is 17.9. The molecule has 1 heterocycles. The maximum Gasteiger partial charge on any atom is 0.326 e. The zero-order valence-electron chi connectivity index (χ0n) is 14.4. The Morgan fingerprint density at radius 1 is 1.16 bits per heavy atom. The Kier molecular flexibility index (Phi) is 4.62. The number of benzene rings is 1. The molecular weight excluding hydrogens is 342 g/mol. The van der Waals surface area contributed by atoms with E-state index < -0.39 is 27.1 Å².